The topological polar surface area (TPSA) is 66.8 Å². The zero-order valence-corrected chi connectivity index (χ0v) is 18.5. The summed E-state index contributed by atoms with van der Waals surface area (Å²) in [6.45, 7) is 13.1. The first-order valence-corrected chi connectivity index (χ1v) is 11.2. The van der Waals surface area contributed by atoms with Crippen LogP contribution in [0.3, 0.4) is 0 Å². The van der Waals surface area contributed by atoms with Crippen LogP contribution in [-0.2, 0) is 9.53 Å². The van der Waals surface area contributed by atoms with Crippen molar-refractivity contribution in [3.05, 3.63) is 35.5 Å². The number of hydrogen-bond acceptors (Lipinski definition) is 4. The van der Waals surface area contributed by atoms with Crippen molar-refractivity contribution in [1.29, 1.82) is 0 Å². The summed E-state index contributed by atoms with van der Waals surface area (Å²) in [5, 5.41) is 20.9. The molecule has 0 amide bonds. The number of rotatable bonds is 7. The van der Waals surface area contributed by atoms with E-state index < -0.39 is 18.4 Å². The molecule has 0 aromatic carbocycles. The number of cyclic esters (lactones) is 1. The van der Waals surface area contributed by atoms with Crippen molar-refractivity contribution in [2.45, 2.75) is 91.5 Å². The van der Waals surface area contributed by atoms with Crippen LogP contribution in [0.1, 0.15) is 79.1 Å². The summed E-state index contributed by atoms with van der Waals surface area (Å²) < 4.78 is 4.79. The predicted molar refractivity (Wildman–Crippen MR) is 115 cm³/mol. The lowest BCUT2D eigenvalue weighted by molar-refractivity contribution is -0.152. The van der Waals surface area contributed by atoms with Gasteiger partial charge in [-0.15, -0.1) is 6.58 Å². The van der Waals surface area contributed by atoms with Gasteiger partial charge in [-0.3, -0.25) is 0 Å². The van der Waals surface area contributed by atoms with E-state index >= 15 is 0 Å². The lowest BCUT2D eigenvalue weighted by atomic mass is 9.50. The van der Waals surface area contributed by atoms with E-state index in [1.54, 1.807) is 5.57 Å². The maximum Gasteiger partial charge on any atom is 0.333 e. The summed E-state index contributed by atoms with van der Waals surface area (Å²) in [7, 11) is 0. The summed E-state index contributed by atoms with van der Waals surface area (Å²) >= 11 is 0. The van der Waals surface area contributed by atoms with E-state index in [-0.39, 0.29) is 10.8 Å². The molecule has 1 heterocycles. The molecule has 0 radical (unpaired) electrons. The van der Waals surface area contributed by atoms with Crippen LogP contribution in [-0.4, -0.2) is 28.6 Å². The van der Waals surface area contributed by atoms with Crippen molar-refractivity contribution >= 4 is 5.97 Å². The second-order valence-electron chi connectivity index (χ2n) is 10.3. The average molecular weight is 403 g/mol. The Morgan fingerprint density at radius 2 is 2.14 bits per heavy atom. The Bertz CT molecular complexity index is 720. The molecule has 1 saturated carbocycles. The summed E-state index contributed by atoms with van der Waals surface area (Å²) in [6, 6.07) is 0. The van der Waals surface area contributed by atoms with Crippen LogP contribution in [0.15, 0.2) is 35.5 Å². The Hall–Kier alpha value is -1.39. The highest BCUT2D eigenvalue weighted by atomic mass is 16.6. The molecule has 29 heavy (non-hydrogen) atoms. The van der Waals surface area contributed by atoms with E-state index in [1.165, 1.54) is 37.3 Å². The minimum Gasteiger partial charge on any atom is -0.429 e. The highest BCUT2D eigenvalue weighted by molar-refractivity contribution is 5.85. The van der Waals surface area contributed by atoms with Crippen molar-refractivity contribution in [2.24, 2.45) is 22.7 Å². The van der Waals surface area contributed by atoms with Crippen molar-refractivity contribution in [3.8, 4) is 0 Å². The largest absolute Gasteiger partial charge is 0.429 e. The monoisotopic (exact) mass is 402 g/mol. The van der Waals surface area contributed by atoms with Gasteiger partial charge in [0.1, 0.15) is 0 Å². The normalized spacial score (nSPS) is 38.0. The Morgan fingerprint density at radius 3 is 2.76 bits per heavy atom. The molecule has 0 aromatic heterocycles. The van der Waals surface area contributed by atoms with E-state index in [1.807, 2.05) is 0 Å². The third-order valence-corrected chi connectivity index (χ3v) is 8.05. The van der Waals surface area contributed by atoms with Gasteiger partial charge in [-0.1, -0.05) is 44.4 Å². The first-order valence-electron chi connectivity index (χ1n) is 11.2. The fourth-order valence-corrected chi connectivity index (χ4v) is 6.01. The number of esters is 1. The standard InChI is InChI=1S/C25H38O4/c1-16(2)8-6-12-24(4)13-7-9-20-19(24)11-10-17(3)25(20,5)15-21(26)18-14-22(27)29-23(18)28/h11,14,17,20-21,23,26,28H,1,6-10,12-13,15H2,2-5H3/t17-,20-,21-,23-,24+,25-/m1/s1. The molecule has 4 nitrogen and oxygen atoms in total. The third-order valence-electron chi connectivity index (χ3n) is 8.05. The number of aliphatic hydroxyl groups excluding tert-OH is 2. The first kappa shape index (κ1) is 22.3. The summed E-state index contributed by atoms with van der Waals surface area (Å²) in [5.74, 6) is 0.288. The van der Waals surface area contributed by atoms with Crippen molar-refractivity contribution in [2.75, 3.05) is 0 Å². The number of hydrogen-bond donors (Lipinski definition) is 2. The van der Waals surface area contributed by atoms with Gasteiger partial charge in [-0.25, -0.2) is 4.79 Å². The Labute approximate surface area is 175 Å². The smallest absolute Gasteiger partial charge is 0.333 e. The van der Waals surface area contributed by atoms with Gasteiger partial charge in [0.25, 0.3) is 0 Å². The van der Waals surface area contributed by atoms with Crippen LogP contribution >= 0.6 is 0 Å². The van der Waals surface area contributed by atoms with Gasteiger partial charge in [0.2, 0.25) is 6.29 Å². The first-order chi connectivity index (χ1) is 13.6. The molecule has 0 saturated heterocycles. The highest BCUT2D eigenvalue weighted by Gasteiger charge is 2.50. The minimum atomic E-state index is -1.31. The van der Waals surface area contributed by atoms with E-state index in [0.29, 0.717) is 23.8 Å². The van der Waals surface area contributed by atoms with Crippen LogP contribution in [0.4, 0.5) is 0 Å². The SMILES string of the molecule is C=C(C)CCC[C@@]1(C)CCC[C@@H]2C1=CC[C@@H](C)[C@@]2(C)C[C@@H](O)C1=CC(=O)O[C@H]1O. The second-order valence-corrected chi connectivity index (χ2v) is 10.3. The maximum absolute atomic E-state index is 11.5. The van der Waals surface area contributed by atoms with E-state index in [2.05, 4.69) is 40.3 Å². The lowest BCUT2D eigenvalue weighted by Gasteiger charge is -2.54. The molecule has 0 spiro atoms. The quantitative estimate of drug-likeness (QED) is 0.461. The van der Waals surface area contributed by atoms with Gasteiger partial charge in [0, 0.05) is 11.6 Å². The van der Waals surface area contributed by atoms with Gasteiger partial charge in [0.15, 0.2) is 0 Å². The second kappa shape index (κ2) is 8.39. The lowest BCUT2D eigenvalue weighted by Crippen LogP contribution is -2.46. The van der Waals surface area contributed by atoms with Crippen LogP contribution in [0.2, 0.25) is 0 Å². The van der Waals surface area contributed by atoms with Crippen molar-refractivity contribution < 1.29 is 19.7 Å². The number of fused-ring (bicyclic) bond motifs is 1. The minimum absolute atomic E-state index is 0.0776. The number of aliphatic hydroxyl groups is 2. The molecule has 1 aliphatic heterocycles. The Balaban J connectivity index is 1.81. The fourth-order valence-electron chi connectivity index (χ4n) is 6.01. The third kappa shape index (κ3) is 4.39. The number of carbonyl (C=O) groups excluding carboxylic acids is 1. The zero-order valence-electron chi connectivity index (χ0n) is 18.5. The molecule has 6 atom stereocenters. The highest BCUT2D eigenvalue weighted by Crippen LogP contribution is 2.59. The van der Waals surface area contributed by atoms with Crippen LogP contribution in [0, 0.1) is 22.7 Å². The van der Waals surface area contributed by atoms with E-state index in [9.17, 15) is 15.0 Å². The molecular formula is C25H38O4. The Morgan fingerprint density at radius 1 is 1.41 bits per heavy atom. The molecule has 0 unspecified atom stereocenters. The van der Waals surface area contributed by atoms with Gasteiger partial charge < -0.3 is 14.9 Å². The average Bonchev–Trinajstić information content (AvgIpc) is 2.97. The summed E-state index contributed by atoms with van der Waals surface area (Å²) in [4.78, 5) is 11.5. The number of carbonyl (C=O) groups is 1. The molecule has 2 N–H and O–H groups in total. The Kier molecular flexibility index (Phi) is 6.45. The van der Waals surface area contributed by atoms with E-state index in [4.69, 9.17) is 4.74 Å². The summed E-state index contributed by atoms with van der Waals surface area (Å²) in [5.41, 5.74) is 3.27. The maximum atomic E-state index is 11.5. The molecule has 0 aromatic rings. The van der Waals surface area contributed by atoms with Crippen LogP contribution < -0.4 is 0 Å². The molecule has 2 aliphatic carbocycles. The molecule has 4 heteroatoms. The van der Waals surface area contributed by atoms with Gasteiger partial charge in [-0.2, -0.15) is 0 Å². The molecule has 3 aliphatic rings. The molecule has 1 fully saturated rings. The molecular weight excluding hydrogens is 364 g/mol. The van der Waals surface area contributed by atoms with Gasteiger partial charge in [-0.05, 0) is 74.5 Å². The molecule has 3 rings (SSSR count). The molecule has 162 valence electrons. The number of allylic oxidation sites excluding steroid dienone is 3. The van der Waals surface area contributed by atoms with Crippen LogP contribution in [0.5, 0.6) is 0 Å². The predicted octanol–water partition coefficient (Wildman–Crippen LogP) is 5.06. The number of ether oxygens (including phenoxy) is 1. The zero-order chi connectivity index (χ0) is 21.4. The van der Waals surface area contributed by atoms with Gasteiger partial charge in [0.05, 0.1) is 6.10 Å². The van der Waals surface area contributed by atoms with E-state index in [0.717, 1.165) is 19.3 Å². The van der Waals surface area contributed by atoms with Crippen molar-refractivity contribution in [1.82, 2.24) is 0 Å². The summed E-state index contributed by atoms with van der Waals surface area (Å²) in [6.07, 6.45) is 10.1. The molecule has 0 bridgehead atoms. The van der Waals surface area contributed by atoms with Crippen LogP contribution in [0.25, 0.3) is 0 Å². The van der Waals surface area contributed by atoms with Crippen molar-refractivity contribution in [3.63, 3.8) is 0 Å². The van der Waals surface area contributed by atoms with Gasteiger partial charge >= 0.3 is 5.97 Å². The fraction of sp³-hybridized carbons (Fsp3) is 0.720.